The summed E-state index contributed by atoms with van der Waals surface area (Å²) in [4.78, 5) is 14.8. The Balaban J connectivity index is 2.08. The van der Waals surface area contributed by atoms with E-state index < -0.39 is 5.97 Å². The molecule has 1 aromatic rings. The number of carbonyl (C=O) groups is 1. The van der Waals surface area contributed by atoms with Crippen LogP contribution in [-0.2, 0) is 4.74 Å². The van der Waals surface area contributed by atoms with Gasteiger partial charge in [0.05, 0.1) is 11.3 Å². The number of ether oxygens (including phenoxy) is 1. The largest absolute Gasteiger partial charge is 0.478 e. The summed E-state index contributed by atoms with van der Waals surface area (Å²) in [5.41, 5.74) is 6.35. The maximum Gasteiger partial charge on any atom is 0.337 e. The lowest BCUT2D eigenvalue weighted by Gasteiger charge is -2.21. The van der Waals surface area contributed by atoms with Crippen LogP contribution in [0, 0.1) is 0 Å². The highest BCUT2D eigenvalue weighted by atomic mass is 32.2. The number of pyridine rings is 1. The Hall–Kier alpha value is -1.27. The average molecular weight is 254 g/mol. The van der Waals surface area contributed by atoms with Crippen LogP contribution in [0.4, 0.5) is 5.69 Å². The predicted molar refractivity (Wildman–Crippen MR) is 65.3 cm³/mol. The molecule has 0 spiro atoms. The third-order valence-electron chi connectivity index (χ3n) is 2.57. The summed E-state index contributed by atoms with van der Waals surface area (Å²) in [6, 6.07) is 1.46. The molecule has 6 heteroatoms. The van der Waals surface area contributed by atoms with Gasteiger partial charge >= 0.3 is 5.97 Å². The van der Waals surface area contributed by atoms with Crippen LogP contribution in [0.3, 0.4) is 0 Å². The van der Waals surface area contributed by atoms with E-state index in [1.54, 1.807) is 11.8 Å². The molecule has 92 valence electrons. The molecule has 1 aromatic heterocycles. The lowest BCUT2D eigenvalue weighted by molar-refractivity contribution is 0.0696. The van der Waals surface area contributed by atoms with Crippen molar-refractivity contribution in [1.82, 2.24) is 4.98 Å². The quantitative estimate of drug-likeness (QED) is 0.852. The van der Waals surface area contributed by atoms with Crippen molar-refractivity contribution in [1.29, 1.82) is 0 Å². The molecule has 0 aromatic carbocycles. The Bertz CT molecular complexity index is 419. The summed E-state index contributed by atoms with van der Waals surface area (Å²) in [7, 11) is 0. The van der Waals surface area contributed by atoms with Crippen molar-refractivity contribution in [3.05, 3.63) is 17.8 Å². The van der Waals surface area contributed by atoms with Crippen LogP contribution < -0.4 is 5.73 Å². The number of thioether (sulfide) groups is 1. The number of hydrogen-bond acceptors (Lipinski definition) is 5. The molecule has 2 heterocycles. The normalized spacial score (nSPS) is 16.9. The second-order valence-corrected chi connectivity index (χ2v) is 5.14. The molecule has 1 aliphatic heterocycles. The standard InChI is InChI=1S/C11H14N2O3S/c12-9-5-7(11(14)15)6-13-10(9)17-8-1-3-16-4-2-8/h5-6,8H,1-4,12H2,(H,14,15). The van der Waals surface area contributed by atoms with Crippen LogP contribution in [0.25, 0.3) is 0 Å². The molecular formula is C11H14N2O3S. The number of aromatic carboxylic acids is 1. The maximum atomic E-state index is 10.7. The number of nitrogens with zero attached hydrogens (tertiary/aromatic N) is 1. The number of aromatic nitrogens is 1. The molecule has 2 rings (SSSR count). The van der Waals surface area contributed by atoms with E-state index in [1.165, 1.54) is 12.3 Å². The van der Waals surface area contributed by atoms with Crippen LogP contribution in [-0.4, -0.2) is 34.5 Å². The predicted octanol–water partition coefficient (Wildman–Crippen LogP) is 1.63. The van der Waals surface area contributed by atoms with Crippen LogP contribution in [0.2, 0.25) is 0 Å². The average Bonchev–Trinajstić information content (AvgIpc) is 2.33. The van der Waals surface area contributed by atoms with Gasteiger partial charge in [-0.3, -0.25) is 0 Å². The zero-order chi connectivity index (χ0) is 12.3. The summed E-state index contributed by atoms with van der Waals surface area (Å²) in [6.07, 6.45) is 3.30. The molecule has 0 unspecified atom stereocenters. The lowest BCUT2D eigenvalue weighted by atomic mass is 10.2. The summed E-state index contributed by atoms with van der Waals surface area (Å²) in [6.45, 7) is 1.54. The smallest absolute Gasteiger partial charge is 0.337 e. The molecule has 0 bridgehead atoms. The molecule has 0 aliphatic carbocycles. The minimum Gasteiger partial charge on any atom is -0.478 e. The van der Waals surface area contributed by atoms with E-state index in [4.69, 9.17) is 15.6 Å². The summed E-state index contributed by atoms with van der Waals surface area (Å²) in [5, 5.41) is 9.97. The third kappa shape index (κ3) is 3.10. The molecule has 0 saturated carbocycles. The van der Waals surface area contributed by atoms with E-state index in [1.807, 2.05) is 0 Å². The van der Waals surface area contributed by atoms with Gasteiger partial charge in [0.25, 0.3) is 0 Å². The molecule has 1 aliphatic rings. The first-order chi connectivity index (χ1) is 8.16. The minimum absolute atomic E-state index is 0.124. The number of nitrogens with two attached hydrogens (primary N) is 1. The first kappa shape index (κ1) is 12.2. The zero-order valence-electron chi connectivity index (χ0n) is 9.26. The number of rotatable bonds is 3. The Morgan fingerprint density at radius 3 is 2.82 bits per heavy atom. The first-order valence-corrected chi connectivity index (χ1v) is 6.28. The van der Waals surface area contributed by atoms with E-state index >= 15 is 0 Å². The van der Waals surface area contributed by atoms with Gasteiger partial charge in [-0.1, -0.05) is 0 Å². The molecule has 1 fully saturated rings. The van der Waals surface area contributed by atoms with Gasteiger partial charge < -0.3 is 15.6 Å². The minimum atomic E-state index is -1.01. The number of carboxylic acids is 1. The van der Waals surface area contributed by atoms with Crippen LogP contribution in [0.1, 0.15) is 23.2 Å². The maximum absolute atomic E-state index is 10.7. The molecule has 5 nitrogen and oxygen atoms in total. The van der Waals surface area contributed by atoms with Crippen molar-refractivity contribution in [3.8, 4) is 0 Å². The van der Waals surface area contributed by atoms with Gasteiger partial charge in [-0.15, -0.1) is 11.8 Å². The first-order valence-electron chi connectivity index (χ1n) is 5.40. The van der Waals surface area contributed by atoms with E-state index in [2.05, 4.69) is 4.98 Å². The molecule has 17 heavy (non-hydrogen) atoms. The number of anilines is 1. The number of carboxylic acid groups (broad SMARTS) is 1. The SMILES string of the molecule is Nc1cc(C(=O)O)cnc1SC1CCOCC1. The van der Waals surface area contributed by atoms with Crippen LogP contribution >= 0.6 is 11.8 Å². The van der Waals surface area contributed by atoms with Crippen molar-refractivity contribution >= 4 is 23.4 Å². The van der Waals surface area contributed by atoms with E-state index in [-0.39, 0.29) is 5.56 Å². The van der Waals surface area contributed by atoms with Gasteiger partial charge in [-0.25, -0.2) is 9.78 Å². The van der Waals surface area contributed by atoms with E-state index in [9.17, 15) is 4.79 Å². The molecular weight excluding hydrogens is 240 g/mol. The van der Waals surface area contributed by atoms with Gasteiger partial charge in [0.2, 0.25) is 0 Å². The Kier molecular flexibility index (Phi) is 3.86. The molecule has 0 amide bonds. The second kappa shape index (κ2) is 5.37. The molecule has 1 saturated heterocycles. The van der Waals surface area contributed by atoms with Gasteiger partial charge in [0, 0.05) is 24.7 Å². The van der Waals surface area contributed by atoms with Gasteiger partial charge in [-0.2, -0.15) is 0 Å². The Labute approximate surface area is 103 Å². The highest BCUT2D eigenvalue weighted by Crippen LogP contribution is 2.31. The lowest BCUT2D eigenvalue weighted by Crippen LogP contribution is -2.17. The monoisotopic (exact) mass is 254 g/mol. The van der Waals surface area contributed by atoms with E-state index in [0.29, 0.717) is 16.0 Å². The Morgan fingerprint density at radius 1 is 1.53 bits per heavy atom. The fourth-order valence-electron chi connectivity index (χ4n) is 1.64. The second-order valence-electron chi connectivity index (χ2n) is 3.85. The summed E-state index contributed by atoms with van der Waals surface area (Å²) < 4.78 is 5.28. The van der Waals surface area contributed by atoms with Gasteiger partial charge in [-0.05, 0) is 18.9 Å². The van der Waals surface area contributed by atoms with Crippen LogP contribution in [0.15, 0.2) is 17.3 Å². The van der Waals surface area contributed by atoms with Gasteiger partial charge in [0.15, 0.2) is 0 Å². The number of nitrogen functional groups attached to an aromatic ring is 1. The third-order valence-corrected chi connectivity index (χ3v) is 3.94. The van der Waals surface area contributed by atoms with E-state index in [0.717, 1.165) is 26.1 Å². The molecule has 0 radical (unpaired) electrons. The molecule has 0 atom stereocenters. The van der Waals surface area contributed by atoms with Crippen molar-refractivity contribution in [2.45, 2.75) is 23.1 Å². The van der Waals surface area contributed by atoms with Crippen LogP contribution in [0.5, 0.6) is 0 Å². The number of hydrogen-bond donors (Lipinski definition) is 2. The summed E-state index contributed by atoms with van der Waals surface area (Å²) >= 11 is 1.60. The fraction of sp³-hybridized carbons (Fsp3) is 0.455. The van der Waals surface area contributed by atoms with Crippen molar-refractivity contribution in [2.75, 3.05) is 18.9 Å². The zero-order valence-corrected chi connectivity index (χ0v) is 10.1. The summed E-state index contributed by atoms with van der Waals surface area (Å²) in [5.74, 6) is -1.01. The molecule has 3 N–H and O–H groups in total. The Morgan fingerprint density at radius 2 is 2.24 bits per heavy atom. The highest BCUT2D eigenvalue weighted by molar-refractivity contribution is 8.00. The van der Waals surface area contributed by atoms with Gasteiger partial charge in [0.1, 0.15) is 5.03 Å². The highest BCUT2D eigenvalue weighted by Gasteiger charge is 2.17. The topological polar surface area (TPSA) is 85.4 Å². The van der Waals surface area contributed by atoms with Crippen molar-refractivity contribution < 1.29 is 14.6 Å². The fourth-order valence-corrected chi connectivity index (χ4v) is 2.69. The van der Waals surface area contributed by atoms with Crippen molar-refractivity contribution in [3.63, 3.8) is 0 Å². The van der Waals surface area contributed by atoms with Crippen molar-refractivity contribution in [2.24, 2.45) is 0 Å².